The minimum atomic E-state index is -0.671. The van der Waals surface area contributed by atoms with Crippen molar-refractivity contribution in [2.24, 2.45) is 0 Å². The fraction of sp³-hybridized carbons (Fsp3) is 0.600. The van der Waals surface area contributed by atoms with Crippen LogP contribution in [0.5, 0.6) is 0 Å². The molecule has 0 spiro atoms. The fourth-order valence-electron chi connectivity index (χ4n) is 1.85. The molecule has 2 rings (SSSR count). The van der Waals surface area contributed by atoms with Crippen LogP contribution >= 0.6 is 24.4 Å². The van der Waals surface area contributed by atoms with Crippen molar-refractivity contribution in [3.05, 3.63) is 21.2 Å². The third-order valence-electron chi connectivity index (χ3n) is 2.84. The largest absolute Gasteiger partial charge is 0.394 e. The Balaban J connectivity index is 2.34. The molecule has 94 valence electrons. The number of aromatic amines is 1. The van der Waals surface area contributed by atoms with Crippen LogP contribution in [0.4, 0.5) is 0 Å². The predicted molar refractivity (Wildman–Crippen MR) is 66.8 cm³/mol. The molecule has 0 amide bonds. The Labute approximate surface area is 109 Å². The number of aromatic nitrogens is 2. The molecule has 2 heterocycles. The van der Waals surface area contributed by atoms with Gasteiger partial charge in [0.25, 0.3) is 0 Å². The summed E-state index contributed by atoms with van der Waals surface area (Å²) in [6.07, 6.45) is 0.628. The van der Waals surface area contributed by atoms with Gasteiger partial charge in [0.1, 0.15) is 17.0 Å². The van der Waals surface area contributed by atoms with Crippen LogP contribution in [0.25, 0.3) is 0 Å². The Hall–Kier alpha value is -0.600. The first-order chi connectivity index (χ1) is 8.02. The lowest BCUT2D eigenvalue weighted by atomic mass is 10.2. The molecule has 0 radical (unpaired) electrons. The second-order valence-corrected chi connectivity index (χ2v) is 4.89. The zero-order valence-electron chi connectivity index (χ0n) is 9.29. The Morgan fingerprint density at radius 1 is 1.59 bits per heavy atom. The highest BCUT2D eigenvalue weighted by atomic mass is 32.1. The number of rotatable bonds is 2. The highest BCUT2D eigenvalue weighted by Crippen LogP contribution is 2.28. The molecule has 1 aliphatic rings. The molecular formula is C10H14N2O3S2. The molecule has 5 nitrogen and oxygen atoms in total. The summed E-state index contributed by atoms with van der Waals surface area (Å²) in [7, 11) is 0. The molecule has 0 aliphatic carbocycles. The van der Waals surface area contributed by atoms with E-state index >= 15 is 0 Å². The summed E-state index contributed by atoms with van der Waals surface area (Å²) in [4.78, 5) is 2.90. The first-order valence-electron chi connectivity index (χ1n) is 5.29. The quantitative estimate of drug-likeness (QED) is 0.708. The highest BCUT2D eigenvalue weighted by Gasteiger charge is 2.34. The van der Waals surface area contributed by atoms with Gasteiger partial charge in [-0.3, -0.25) is 4.57 Å². The van der Waals surface area contributed by atoms with Crippen molar-refractivity contribution < 1.29 is 14.9 Å². The summed E-state index contributed by atoms with van der Waals surface area (Å²) in [5, 5.41) is 18.7. The van der Waals surface area contributed by atoms with Gasteiger partial charge in [0.15, 0.2) is 4.77 Å². The van der Waals surface area contributed by atoms with Crippen LogP contribution in [0.1, 0.15) is 18.2 Å². The number of hydrogen-bond acceptors (Lipinski definition) is 5. The Kier molecular flexibility index (Phi) is 3.74. The van der Waals surface area contributed by atoms with Gasteiger partial charge in [-0.15, -0.1) is 0 Å². The number of aliphatic hydroxyl groups excluding tert-OH is 2. The Bertz CT molecular complexity index is 525. The van der Waals surface area contributed by atoms with Gasteiger partial charge in [0, 0.05) is 18.2 Å². The minimum Gasteiger partial charge on any atom is -0.394 e. The normalized spacial score (nSPS) is 28.5. The van der Waals surface area contributed by atoms with Gasteiger partial charge < -0.3 is 19.9 Å². The van der Waals surface area contributed by atoms with Crippen molar-refractivity contribution in [1.82, 2.24) is 9.55 Å². The third kappa shape index (κ3) is 2.48. The fourth-order valence-corrected chi connectivity index (χ4v) is 2.34. The van der Waals surface area contributed by atoms with Gasteiger partial charge in [-0.25, -0.2) is 0 Å². The molecule has 0 aromatic carbocycles. The second-order valence-electron chi connectivity index (χ2n) is 4.09. The van der Waals surface area contributed by atoms with E-state index in [0.717, 1.165) is 5.56 Å². The molecule has 7 heteroatoms. The summed E-state index contributed by atoms with van der Waals surface area (Å²) < 4.78 is 8.30. The van der Waals surface area contributed by atoms with Crippen molar-refractivity contribution in [2.45, 2.75) is 31.8 Å². The SMILES string of the molecule is Cc1cn(C2CC(O)C(CO)O2)c(=S)[nH]c1=S. The maximum atomic E-state index is 9.67. The lowest BCUT2D eigenvalue weighted by molar-refractivity contribution is -0.0453. The number of H-pyrrole nitrogens is 1. The number of aryl methyl sites for hydroxylation is 1. The van der Waals surface area contributed by atoms with Gasteiger partial charge in [-0.1, -0.05) is 12.2 Å². The van der Waals surface area contributed by atoms with Crippen molar-refractivity contribution >= 4 is 24.4 Å². The molecule has 3 atom stereocenters. The van der Waals surface area contributed by atoms with Crippen molar-refractivity contribution in [3.8, 4) is 0 Å². The van der Waals surface area contributed by atoms with E-state index < -0.39 is 12.2 Å². The van der Waals surface area contributed by atoms with Gasteiger partial charge in [-0.05, 0) is 19.1 Å². The lowest BCUT2D eigenvalue weighted by Crippen LogP contribution is -2.24. The molecule has 17 heavy (non-hydrogen) atoms. The molecule has 1 aromatic rings. The molecule has 0 saturated carbocycles. The number of nitrogens with zero attached hydrogens (tertiary/aromatic N) is 1. The van der Waals surface area contributed by atoms with E-state index in [0.29, 0.717) is 15.8 Å². The molecule has 3 unspecified atom stereocenters. The van der Waals surface area contributed by atoms with E-state index in [1.165, 1.54) is 0 Å². The molecule has 1 aliphatic heterocycles. The summed E-state index contributed by atoms with van der Waals surface area (Å²) in [5.41, 5.74) is 0.888. The topological polar surface area (TPSA) is 70.4 Å². The zero-order valence-corrected chi connectivity index (χ0v) is 10.9. The summed E-state index contributed by atoms with van der Waals surface area (Å²) >= 11 is 10.2. The molecule has 1 saturated heterocycles. The second kappa shape index (κ2) is 4.95. The first kappa shape index (κ1) is 12.8. The van der Waals surface area contributed by atoms with Crippen LogP contribution < -0.4 is 0 Å². The third-order valence-corrected chi connectivity index (χ3v) is 3.58. The molecule has 0 bridgehead atoms. The van der Waals surface area contributed by atoms with Gasteiger partial charge >= 0.3 is 0 Å². The van der Waals surface area contributed by atoms with E-state index in [1.54, 1.807) is 10.8 Å². The van der Waals surface area contributed by atoms with Crippen LogP contribution in [-0.4, -0.2) is 38.6 Å². The van der Waals surface area contributed by atoms with Crippen molar-refractivity contribution in [3.63, 3.8) is 0 Å². The Morgan fingerprint density at radius 2 is 2.29 bits per heavy atom. The average Bonchev–Trinajstić information content (AvgIpc) is 2.65. The van der Waals surface area contributed by atoms with Crippen molar-refractivity contribution in [2.75, 3.05) is 6.61 Å². The Morgan fingerprint density at radius 3 is 2.88 bits per heavy atom. The van der Waals surface area contributed by atoms with E-state index in [9.17, 15) is 5.11 Å². The summed E-state index contributed by atoms with van der Waals surface area (Å²) in [6, 6.07) is 0. The smallest absolute Gasteiger partial charge is 0.180 e. The average molecular weight is 274 g/mol. The highest BCUT2D eigenvalue weighted by molar-refractivity contribution is 7.72. The van der Waals surface area contributed by atoms with Crippen LogP contribution in [0, 0.1) is 16.3 Å². The molecule has 3 N–H and O–H groups in total. The minimum absolute atomic E-state index is 0.202. The van der Waals surface area contributed by atoms with Crippen LogP contribution in [0.3, 0.4) is 0 Å². The van der Waals surface area contributed by atoms with Crippen LogP contribution in [-0.2, 0) is 4.74 Å². The van der Waals surface area contributed by atoms with Crippen LogP contribution in [0.2, 0.25) is 0 Å². The van der Waals surface area contributed by atoms with E-state index in [1.807, 2.05) is 6.92 Å². The number of hydrogen-bond donors (Lipinski definition) is 3. The molecule has 1 fully saturated rings. The van der Waals surface area contributed by atoms with Gasteiger partial charge in [-0.2, -0.15) is 0 Å². The standard InChI is InChI=1S/C10H14N2O3S2/c1-5-3-12(10(17)11-9(5)16)8-2-6(14)7(4-13)15-8/h3,6-8,13-14H,2,4H2,1H3,(H,11,16,17). The van der Waals surface area contributed by atoms with Crippen molar-refractivity contribution in [1.29, 1.82) is 0 Å². The molecular weight excluding hydrogens is 260 g/mol. The maximum Gasteiger partial charge on any atom is 0.180 e. The summed E-state index contributed by atoms with van der Waals surface area (Å²) in [6.45, 7) is 1.67. The molecule has 1 aromatic heterocycles. The van der Waals surface area contributed by atoms with E-state index in [-0.39, 0.29) is 12.8 Å². The number of ether oxygens (including phenoxy) is 1. The zero-order chi connectivity index (χ0) is 12.6. The number of aliphatic hydroxyl groups is 2. The summed E-state index contributed by atoms with van der Waals surface area (Å²) in [5.74, 6) is 0. The van der Waals surface area contributed by atoms with Gasteiger partial charge in [0.05, 0.1) is 12.7 Å². The number of nitrogens with one attached hydrogen (secondary N) is 1. The van der Waals surface area contributed by atoms with Crippen LogP contribution in [0.15, 0.2) is 6.20 Å². The van der Waals surface area contributed by atoms with E-state index in [4.69, 9.17) is 34.3 Å². The maximum absolute atomic E-state index is 9.67. The predicted octanol–water partition coefficient (Wildman–Crippen LogP) is 1.22. The monoisotopic (exact) mass is 274 g/mol. The van der Waals surface area contributed by atoms with E-state index in [2.05, 4.69) is 4.98 Å². The lowest BCUT2D eigenvalue weighted by Gasteiger charge is -2.16. The first-order valence-corrected chi connectivity index (χ1v) is 6.11. The van der Waals surface area contributed by atoms with Gasteiger partial charge in [0.2, 0.25) is 0 Å².